The third-order valence-electron chi connectivity index (χ3n) is 3.30. The molecule has 1 saturated heterocycles. The highest BCUT2D eigenvalue weighted by Crippen LogP contribution is 2.23. The van der Waals surface area contributed by atoms with E-state index in [9.17, 15) is 0 Å². The fraction of sp³-hybridized carbons (Fsp3) is 0.357. The van der Waals surface area contributed by atoms with Gasteiger partial charge in [0.15, 0.2) is 5.72 Å². The number of aromatic nitrogens is 1. The Morgan fingerprint density at radius 2 is 2.11 bits per heavy atom. The largest absolute Gasteiger partial charge is 0.459 e. The van der Waals surface area contributed by atoms with Crippen LogP contribution in [0.15, 0.2) is 30.5 Å². The van der Waals surface area contributed by atoms with Crippen LogP contribution in [0.2, 0.25) is 0 Å². The summed E-state index contributed by atoms with van der Waals surface area (Å²) < 4.78 is 5.48. The van der Waals surface area contributed by atoms with Gasteiger partial charge in [-0.2, -0.15) is 0 Å². The third kappa shape index (κ3) is 1.88. The molecule has 0 aliphatic carbocycles. The predicted octanol–water partition coefficient (Wildman–Crippen LogP) is 2.41. The minimum absolute atomic E-state index is 0.0424. The molecule has 1 aromatic heterocycles. The summed E-state index contributed by atoms with van der Waals surface area (Å²) in [6.45, 7) is 3.88. The van der Waals surface area contributed by atoms with Crippen molar-refractivity contribution in [3.8, 4) is 0 Å². The van der Waals surface area contributed by atoms with Gasteiger partial charge in [-0.05, 0) is 31.9 Å². The van der Waals surface area contributed by atoms with E-state index < -0.39 is 5.72 Å². The lowest BCUT2D eigenvalue weighted by atomic mass is 10.1. The Bertz CT molecular complexity index is 600. The molecule has 18 heavy (non-hydrogen) atoms. The van der Waals surface area contributed by atoms with Crippen LogP contribution in [0, 0.1) is 5.41 Å². The van der Waals surface area contributed by atoms with E-state index in [0.717, 1.165) is 11.9 Å². The first-order valence-corrected chi connectivity index (χ1v) is 6.15. The maximum atomic E-state index is 7.88. The lowest BCUT2D eigenvalue weighted by Crippen LogP contribution is -2.39. The van der Waals surface area contributed by atoms with E-state index in [-0.39, 0.29) is 6.04 Å². The molecule has 0 radical (unpaired) electrons. The van der Waals surface area contributed by atoms with Crippen LogP contribution in [0.4, 0.5) is 0 Å². The van der Waals surface area contributed by atoms with Crippen molar-refractivity contribution >= 4 is 16.8 Å². The maximum absolute atomic E-state index is 7.88. The van der Waals surface area contributed by atoms with Crippen LogP contribution in [0.3, 0.4) is 0 Å². The number of benzene rings is 1. The first-order valence-electron chi connectivity index (χ1n) is 6.15. The minimum atomic E-state index is -0.437. The third-order valence-corrected chi connectivity index (χ3v) is 3.30. The summed E-state index contributed by atoms with van der Waals surface area (Å²) in [5.41, 5.74) is 1.92. The molecule has 94 valence electrons. The molecule has 0 bridgehead atoms. The molecule has 1 aliphatic heterocycles. The number of rotatable bonds is 2. The van der Waals surface area contributed by atoms with Gasteiger partial charge in [-0.15, -0.1) is 0 Å². The average Bonchev–Trinajstić information content (AvgIpc) is 2.81. The Morgan fingerprint density at radius 3 is 2.83 bits per heavy atom. The second kappa shape index (κ2) is 3.85. The highest BCUT2D eigenvalue weighted by Gasteiger charge is 2.36. The van der Waals surface area contributed by atoms with Crippen LogP contribution in [0.25, 0.3) is 10.9 Å². The predicted molar refractivity (Wildman–Crippen MR) is 71.8 cm³/mol. The lowest BCUT2D eigenvalue weighted by molar-refractivity contribution is 0.0970. The van der Waals surface area contributed by atoms with Crippen molar-refractivity contribution in [2.24, 2.45) is 0 Å². The van der Waals surface area contributed by atoms with Crippen molar-refractivity contribution in [2.75, 3.05) is 0 Å². The normalized spacial score (nSPS) is 22.3. The number of H-pyrrole nitrogens is 1. The van der Waals surface area contributed by atoms with E-state index in [4.69, 9.17) is 10.1 Å². The first kappa shape index (κ1) is 11.3. The van der Waals surface area contributed by atoms with Crippen molar-refractivity contribution < 1.29 is 4.74 Å². The number of hydrogen-bond acceptors (Lipinski definition) is 3. The van der Waals surface area contributed by atoms with Crippen molar-refractivity contribution in [1.82, 2.24) is 10.3 Å². The van der Waals surface area contributed by atoms with Gasteiger partial charge < -0.3 is 9.72 Å². The Morgan fingerprint density at radius 1 is 1.33 bits per heavy atom. The molecule has 2 heterocycles. The zero-order valence-electron chi connectivity index (χ0n) is 10.6. The number of aromatic amines is 1. The maximum Gasteiger partial charge on any atom is 0.200 e. The number of fused-ring (bicyclic) bond motifs is 1. The SMILES string of the molecule is CC1(C)NC(Cc2c[nH]c3ccccc23)C(=N)O1. The molecule has 4 nitrogen and oxygen atoms in total. The molecule has 4 heteroatoms. The molecule has 0 spiro atoms. The topological polar surface area (TPSA) is 60.9 Å². The van der Waals surface area contributed by atoms with Gasteiger partial charge in [0.05, 0.1) is 6.04 Å². The van der Waals surface area contributed by atoms with Gasteiger partial charge in [0.1, 0.15) is 0 Å². The quantitative estimate of drug-likeness (QED) is 0.758. The van der Waals surface area contributed by atoms with Crippen LogP contribution in [0.5, 0.6) is 0 Å². The highest BCUT2D eigenvalue weighted by atomic mass is 16.5. The van der Waals surface area contributed by atoms with Gasteiger partial charge in [-0.1, -0.05) is 18.2 Å². The molecule has 1 aliphatic rings. The molecule has 1 fully saturated rings. The fourth-order valence-corrected chi connectivity index (χ4v) is 2.52. The van der Waals surface area contributed by atoms with Gasteiger partial charge in [0.2, 0.25) is 5.90 Å². The van der Waals surface area contributed by atoms with E-state index in [1.165, 1.54) is 10.9 Å². The summed E-state index contributed by atoms with van der Waals surface area (Å²) in [7, 11) is 0. The monoisotopic (exact) mass is 243 g/mol. The highest BCUT2D eigenvalue weighted by molar-refractivity contribution is 5.86. The Hall–Kier alpha value is -1.81. The van der Waals surface area contributed by atoms with Gasteiger partial charge >= 0.3 is 0 Å². The molecule has 1 unspecified atom stereocenters. The van der Waals surface area contributed by atoms with E-state index in [1.54, 1.807) is 0 Å². The first-order chi connectivity index (χ1) is 8.55. The summed E-state index contributed by atoms with van der Waals surface area (Å²) in [6, 6.07) is 8.18. The number of nitrogens with one attached hydrogen (secondary N) is 3. The van der Waals surface area contributed by atoms with Crippen molar-refractivity contribution in [3.63, 3.8) is 0 Å². The second-order valence-electron chi connectivity index (χ2n) is 5.24. The molecule has 2 aromatic rings. The molecule has 0 saturated carbocycles. The molecular weight excluding hydrogens is 226 g/mol. The van der Waals surface area contributed by atoms with Crippen LogP contribution in [-0.4, -0.2) is 22.6 Å². The van der Waals surface area contributed by atoms with Gasteiger partial charge in [0, 0.05) is 17.1 Å². The molecule has 0 amide bonds. The van der Waals surface area contributed by atoms with Crippen molar-refractivity contribution in [3.05, 3.63) is 36.0 Å². The average molecular weight is 243 g/mol. The smallest absolute Gasteiger partial charge is 0.200 e. The molecule has 1 aromatic carbocycles. The Kier molecular flexibility index (Phi) is 2.41. The Labute approximate surface area is 106 Å². The molecular formula is C14H17N3O. The number of hydrogen-bond donors (Lipinski definition) is 3. The summed E-state index contributed by atoms with van der Waals surface area (Å²) in [4.78, 5) is 3.26. The standard InChI is InChI=1S/C14H17N3O/c1-14(2)17-12(13(15)18-14)7-9-8-16-11-6-4-3-5-10(9)11/h3-6,8,12,15-17H,7H2,1-2H3. The van der Waals surface area contributed by atoms with E-state index >= 15 is 0 Å². The zero-order chi connectivity index (χ0) is 12.8. The van der Waals surface area contributed by atoms with Crippen molar-refractivity contribution in [2.45, 2.75) is 32.0 Å². The van der Waals surface area contributed by atoms with Crippen LogP contribution < -0.4 is 5.32 Å². The fourth-order valence-electron chi connectivity index (χ4n) is 2.52. The van der Waals surface area contributed by atoms with Crippen molar-refractivity contribution in [1.29, 1.82) is 5.41 Å². The van der Waals surface area contributed by atoms with Gasteiger partial charge in [0.25, 0.3) is 0 Å². The summed E-state index contributed by atoms with van der Waals surface area (Å²) in [5.74, 6) is 0.324. The van der Waals surface area contributed by atoms with Crippen LogP contribution in [-0.2, 0) is 11.2 Å². The molecule has 1 atom stereocenters. The van der Waals surface area contributed by atoms with E-state index in [1.807, 2.05) is 32.2 Å². The summed E-state index contributed by atoms with van der Waals surface area (Å²) in [5, 5.41) is 12.4. The van der Waals surface area contributed by atoms with Crippen LogP contribution >= 0.6 is 0 Å². The molecule has 3 N–H and O–H groups in total. The minimum Gasteiger partial charge on any atom is -0.459 e. The lowest BCUT2D eigenvalue weighted by Gasteiger charge is -2.16. The van der Waals surface area contributed by atoms with Gasteiger partial charge in [-0.3, -0.25) is 10.7 Å². The van der Waals surface area contributed by atoms with E-state index in [0.29, 0.717) is 5.90 Å². The second-order valence-corrected chi connectivity index (χ2v) is 5.24. The zero-order valence-corrected chi connectivity index (χ0v) is 10.6. The van der Waals surface area contributed by atoms with Crippen LogP contribution in [0.1, 0.15) is 19.4 Å². The summed E-state index contributed by atoms with van der Waals surface area (Å²) >= 11 is 0. The van der Waals surface area contributed by atoms with Gasteiger partial charge in [-0.25, -0.2) is 0 Å². The summed E-state index contributed by atoms with van der Waals surface area (Å²) in [6.07, 6.45) is 2.79. The van der Waals surface area contributed by atoms with E-state index in [2.05, 4.69) is 22.4 Å². The number of para-hydroxylation sites is 1. The number of ether oxygens (including phenoxy) is 1. The Balaban J connectivity index is 1.87. The molecule has 3 rings (SSSR count).